The second kappa shape index (κ2) is 7.44. The summed E-state index contributed by atoms with van der Waals surface area (Å²) < 4.78 is 0. The van der Waals surface area contributed by atoms with E-state index in [0.717, 1.165) is 57.7 Å². The largest absolute Gasteiger partial charge is 0.369 e. The van der Waals surface area contributed by atoms with Crippen molar-refractivity contribution in [3.63, 3.8) is 0 Å². The van der Waals surface area contributed by atoms with E-state index in [1.165, 1.54) is 11.3 Å². The number of amides is 1. The number of allylic oxidation sites excluding steroid dienone is 2. The van der Waals surface area contributed by atoms with E-state index in [1.54, 1.807) is 0 Å². The number of aryl methyl sites for hydroxylation is 1. The van der Waals surface area contributed by atoms with Gasteiger partial charge in [-0.05, 0) is 37.0 Å². The molecule has 1 saturated heterocycles. The van der Waals surface area contributed by atoms with Gasteiger partial charge >= 0.3 is 0 Å². The zero-order valence-corrected chi connectivity index (χ0v) is 14.8. The smallest absolute Gasteiger partial charge is 0.227 e. The summed E-state index contributed by atoms with van der Waals surface area (Å²) in [7, 11) is 0. The monoisotopic (exact) mass is 337 g/mol. The van der Waals surface area contributed by atoms with Gasteiger partial charge in [0.15, 0.2) is 0 Å². The molecule has 132 valence electrons. The first-order valence-corrected chi connectivity index (χ1v) is 9.53. The number of nitrogens with one attached hydrogen (secondary N) is 1. The summed E-state index contributed by atoms with van der Waals surface area (Å²) in [6.45, 7) is 5.01. The highest BCUT2D eigenvalue weighted by molar-refractivity contribution is 5.94. The quantitative estimate of drug-likeness (QED) is 0.921. The topological polar surface area (TPSA) is 35.6 Å². The van der Waals surface area contributed by atoms with E-state index in [4.69, 9.17) is 0 Å². The summed E-state index contributed by atoms with van der Waals surface area (Å²) in [6.07, 6.45) is 10.5. The molecule has 0 bridgehead atoms. The lowest BCUT2D eigenvalue weighted by atomic mass is 9.97. The highest BCUT2D eigenvalue weighted by Crippen LogP contribution is 2.29. The Balaban J connectivity index is 1.53. The first-order chi connectivity index (χ1) is 12.3. The van der Waals surface area contributed by atoms with Gasteiger partial charge < -0.3 is 15.1 Å². The van der Waals surface area contributed by atoms with Crippen LogP contribution >= 0.6 is 0 Å². The van der Waals surface area contributed by atoms with Gasteiger partial charge in [-0.3, -0.25) is 4.79 Å². The molecular formula is C21H27N3O. The predicted molar refractivity (Wildman–Crippen MR) is 102 cm³/mol. The Hall–Kier alpha value is -2.07. The fraction of sp³-hybridized carbons (Fsp3) is 0.476. The van der Waals surface area contributed by atoms with Crippen LogP contribution in [0.3, 0.4) is 0 Å². The highest BCUT2D eigenvalue weighted by Gasteiger charge is 2.25. The van der Waals surface area contributed by atoms with E-state index < -0.39 is 0 Å². The zero-order chi connectivity index (χ0) is 17.1. The van der Waals surface area contributed by atoms with E-state index in [-0.39, 0.29) is 5.91 Å². The number of para-hydroxylation sites is 1. The van der Waals surface area contributed by atoms with Crippen LogP contribution in [0.1, 0.15) is 24.8 Å². The lowest BCUT2D eigenvalue weighted by Gasteiger charge is -2.33. The normalized spacial score (nSPS) is 23.9. The Bertz CT molecular complexity index is 688. The molecule has 4 heteroatoms. The minimum Gasteiger partial charge on any atom is -0.369 e. The minimum atomic E-state index is 0.275. The predicted octanol–water partition coefficient (Wildman–Crippen LogP) is 2.72. The number of rotatable bonds is 3. The average Bonchev–Trinajstić information content (AvgIpc) is 2.82. The van der Waals surface area contributed by atoms with Crippen molar-refractivity contribution < 1.29 is 4.79 Å². The van der Waals surface area contributed by atoms with Gasteiger partial charge in [0, 0.05) is 56.4 Å². The molecule has 1 aromatic rings. The molecule has 0 spiro atoms. The first kappa shape index (κ1) is 16.4. The van der Waals surface area contributed by atoms with Crippen LogP contribution in [0.25, 0.3) is 0 Å². The molecule has 1 aliphatic carbocycles. The summed E-state index contributed by atoms with van der Waals surface area (Å²) in [5, 5.41) is 3.41. The van der Waals surface area contributed by atoms with Crippen LogP contribution in [-0.2, 0) is 11.2 Å². The van der Waals surface area contributed by atoms with Crippen molar-refractivity contribution in [2.45, 2.75) is 25.7 Å². The molecule has 1 aromatic carbocycles. The summed E-state index contributed by atoms with van der Waals surface area (Å²) >= 11 is 0. The van der Waals surface area contributed by atoms with Crippen LogP contribution in [0, 0.1) is 5.92 Å². The number of hydrogen-bond donors (Lipinski definition) is 1. The molecule has 0 aromatic heterocycles. The Kier molecular flexibility index (Phi) is 4.88. The Morgan fingerprint density at radius 2 is 1.96 bits per heavy atom. The van der Waals surface area contributed by atoms with Crippen molar-refractivity contribution in [3.05, 3.63) is 53.8 Å². The van der Waals surface area contributed by atoms with Crippen LogP contribution in [0.5, 0.6) is 0 Å². The number of carbonyl (C=O) groups excluding carboxylic acids is 1. The summed E-state index contributed by atoms with van der Waals surface area (Å²) in [5.74, 6) is 0.668. The molecular weight excluding hydrogens is 310 g/mol. The number of benzene rings is 1. The van der Waals surface area contributed by atoms with Crippen LogP contribution in [-0.4, -0.2) is 43.5 Å². The second-order valence-corrected chi connectivity index (χ2v) is 7.21. The van der Waals surface area contributed by atoms with Gasteiger partial charge in [0.25, 0.3) is 0 Å². The third-order valence-electron chi connectivity index (χ3n) is 5.45. The number of piperazine rings is 1. The lowest BCUT2D eigenvalue weighted by molar-refractivity contribution is -0.118. The first-order valence-electron chi connectivity index (χ1n) is 9.53. The number of nitrogens with zero attached hydrogens (tertiary/aromatic N) is 2. The van der Waals surface area contributed by atoms with Crippen LogP contribution in [0.4, 0.5) is 5.69 Å². The maximum Gasteiger partial charge on any atom is 0.227 e. The lowest BCUT2D eigenvalue weighted by Crippen LogP contribution is -2.43. The number of fused-ring (bicyclic) bond motifs is 1. The van der Waals surface area contributed by atoms with Gasteiger partial charge in [0.2, 0.25) is 5.91 Å². The molecule has 2 heterocycles. The highest BCUT2D eigenvalue weighted by atomic mass is 16.2. The molecule has 1 atom stereocenters. The van der Waals surface area contributed by atoms with E-state index in [1.807, 2.05) is 11.0 Å². The van der Waals surface area contributed by atoms with E-state index in [0.29, 0.717) is 12.3 Å². The molecule has 0 radical (unpaired) electrons. The molecule has 2 aliphatic heterocycles. The molecule has 4 rings (SSSR count). The molecule has 4 nitrogen and oxygen atoms in total. The van der Waals surface area contributed by atoms with E-state index in [2.05, 4.69) is 46.6 Å². The SMILES string of the molecule is O=C1CCCc2ccccc2N1CC1C=C(N2CCNCC2)C=CC1. The van der Waals surface area contributed by atoms with Crippen molar-refractivity contribution in [1.29, 1.82) is 0 Å². The maximum absolute atomic E-state index is 12.7. The zero-order valence-electron chi connectivity index (χ0n) is 14.8. The molecule has 3 aliphatic rings. The number of carbonyl (C=O) groups is 1. The molecule has 1 N–H and O–H groups in total. The Labute approximate surface area is 150 Å². The van der Waals surface area contributed by atoms with Gasteiger partial charge in [-0.25, -0.2) is 0 Å². The Morgan fingerprint density at radius 1 is 1.12 bits per heavy atom. The third-order valence-corrected chi connectivity index (χ3v) is 5.45. The van der Waals surface area contributed by atoms with Gasteiger partial charge in [0.1, 0.15) is 0 Å². The van der Waals surface area contributed by atoms with Crippen molar-refractivity contribution in [3.8, 4) is 0 Å². The average molecular weight is 337 g/mol. The Morgan fingerprint density at radius 3 is 2.84 bits per heavy atom. The van der Waals surface area contributed by atoms with Crippen LogP contribution in [0.2, 0.25) is 0 Å². The van der Waals surface area contributed by atoms with Crippen molar-refractivity contribution >= 4 is 11.6 Å². The maximum atomic E-state index is 12.7. The minimum absolute atomic E-state index is 0.275. The molecule has 1 amide bonds. The summed E-state index contributed by atoms with van der Waals surface area (Å²) in [4.78, 5) is 17.2. The molecule has 25 heavy (non-hydrogen) atoms. The van der Waals surface area contributed by atoms with Gasteiger partial charge in [0.05, 0.1) is 0 Å². The molecule has 0 saturated carbocycles. The van der Waals surface area contributed by atoms with Gasteiger partial charge in [-0.2, -0.15) is 0 Å². The van der Waals surface area contributed by atoms with Crippen LogP contribution < -0.4 is 10.2 Å². The summed E-state index contributed by atoms with van der Waals surface area (Å²) in [6, 6.07) is 8.41. The molecule has 1 unspecified atom stereocenters. The van der Waals surface area contributed by atoms with Gasteiger partial charge in [-0.1, -0.05) is 30.4 Å². The number of anilines is 1. The third kappa shape index (κ3) is 3.64. The van der Waals surface area contributed by atoms with Crippen molar-refractivity contribution in [2.75, 3.05) is 37.6 Å². The van der Waals surface area contributed by atoms with E-state index in [9.17, 15) is 4.79 Å². The van der Waals surface area contributed by atoms with Crippen molar-refractivity contribution in [2.24, 2.45) is 5.92 Å². The van der Waals surface area contributed by atoms with Crippen LogP contribution in [0.15, 0.2) is 48.2 Å². The second-order valence-electron chi connectivity index (χ2n) is 7.21. The van der Waals surface area contributed by atoms with E-state index >= 15 is 0 Å². The number of hydrogen-bond acceptors (Lipinski definition) is 3. The fourth-order valence-electron chi connectivity index (χ4n) is 4.11. The summed E-state index contributed by atoms with van der Waals surface area (Å²) in [5.41, 5.74) is 3.76. The standard InChI is InChI=1S/C21H27N3O/c25-21-10-4-7-18-6-1-2-9-20(18)24(21)16-17-5-3-8-19(15-17)23-13-11-22-12-14-23/h1-3,6,8-9,15,17,22H,4-5,7,10-14,16H2. The molecule has 1 fully saturated rings. The van der Waals surface area contributed by atoms with Gasteiger partial charge in [-0.15, -0.1) is 0 Å². The van der Waals surface area contributed by atoms with Crippen molar-refractivity contribution in [1.82, 2.24) is 10.2 Å². The fourth-order valence-corrected chi connectivity index (χ4v) is 4.11.